The number of phenols is 8. The van der Waals surface area contributed by atoms with Crippen molar-refractivity contribution in [1.29, 1.82) is 0 Å². The number of fused-ring (bicyclic) bond motifs is 3. The highest BCUT2D eigenvalue weighted by molar-refractivity contribution is 5.67. The van der Waals surface area contributed by atoms with E-state index in [1.54, 1.807) is 0 Å². The van der Waals surface area contributed by atoms with E-state index < -0.39 is 47.3 Å². The summed E-state index contributed by atoms with van der Waals surface area (Å²) >= 11 is 0. The highest BCUT2D eigenvalue weighted by atomic mass is 16.8. The lowest BCUT2D eigenvalue weighted by Gasteiger charge is -2.36. The van der Waals surface area contributed by atoms with Crippen molar-refractivity contribution in [3.8, 4) is 57.5 Å². The van der Waals surface area contributed by atoms with Crippen LogP contribution in [0.25, 0.3) is 0 Å². The van der Waals surface area contributed by atoms with Crippen LogP contribution in [0.1, 0.15) is 39.8 Å². The molecule has 0 aliphatic carbocycles. The van der Waals surface area contributed by atoms with Crippen molar-refractivity contribution < 1.29 is 60.2 Å². The Morgan fingerprint density at radius 3 is 2.07 bits per heavy atom. The predicted molar refractivity (Wildman–Crippen MR) is 141 cm³/mol. The van der Waals surface area contributed by atoms with E-state index >= 15 is 0 Å². The molecule has 0 amide bonds. The van der Waals surface area contributed by atoms with Crippen LogP contribution in [-0.2, 0) is 16.9 Å². The smallest absolute Gasteiger partial charge is 0.265 e. The fourth-order valence-corrected chi connectivity index (χ4v) is 6.01. The summed E-state index contributed by atoms with van der Waals surface area (Å²) in [4.78, 5) is 0. The summed E-state index contributed by atoms with van der Waals surface area (Å²) in [6.07, 6.45) is -3.37. The van der Waals surface area contributed by atoms with Gasteiger partial charge in [0.1, 0.15) is 46.7 Å². The van der Waals surface area contributed by atoms with E-state index in [0.717, 1.165) is 12.1 Å². The molecule has 0 bridgehead atoms. The largest absolute Gasteiger partial charge is 0.508 e. The van der Waals surface area contributed by atoms with Gasteiger partial charge in [0.05, 0.1) is 12.0 Å². The van der Waals surface area contributed by atoms with Crippen LogP contribution in [0.15, 0.2) is 54.6 Å². The molecule has 3 aliphatic heterocycles. The molecule has 4 aromatic carbocycles. The Kier molecular flexibility index (Phi) is 5.30. The van der Waals surface area contributed by atoms with E-state index in [2.05, 4.69) is 0 Å². The molecule has 12 heteroatoms. The van der Waals surface area contributed by atoms with Crippen molar-refractivity contribution in [2.75, 3.05) is 0 Å². The maximum Gasteiger partial charge on any atom is 0.265 e. The van der Waals surface area contributed by atoms with Gasteiger partial charge in [-0.15, -0.1) is 0 Å². The van der Waals surface area contributed by atoms with E-state index in [0.29, 0.717) is 11.1 Å². The van der Waals surface area contributed by atoms with E-state index in [4.69, 9.17) is 14.2 Å². The standard InChI is InChI=1S/C30H24O12/c31-13-7-20(37)24-23(8-13)41-30(12-2-4-16(33)19(36)6-12)29(42-30)26(24)25-21(38)10-17(34)14-9-22(39)27(40-28(14)25)11-1-3-15(32)18(35)5-11/h1-8,10,22,26-27,29,31-39H,9H2/t22-,26-,27-,29-,30-/m1/s1. The summed E-state index contributed by atoms with van der Waals surface area (Å²) in [5.74, 6) is -5.76. The van der Waals surface area contributed by atoms with Crippen molar-refractivity contribution in [3.05, 3.63) is 82.4 Å². The molecule has 1 saturated heterocycles. The zero-order valence-electron chi connectivity index (χ0n) is 21.5. The van der Waals surface area contributed by atoms with Crippen LogP contribution in [0.2, 0.25) is 0 Å². The molecule has 7 rings (SSSR count). The lowest BCUT2D eigenvalue weighted by Crippen LogP contribution is -2.33. The van der Waals surface area contributed by atoms with Gasteiger partial charge >= 0.3 is 0 Å². The molecule has 3 aliphatic rings. The summed E-state index contributed by atoms with van der Waals surface area (Å²) < 4.78 is 18.4. The van der Waals surface area contributed by atoms with Gasteiger partial charge in [-0.05, 0) is 35.9 Å². The van der Waals surface area contributed by atoms with Crippen molar-refractivity contribution in [2.24, 2.45) is 0 Å². The van der Waals surface area contributed by atoms with E-state index in [-0.39, 0.29) is 63.4 Å². The van der Waals surface area contributed by atoms with Gasteiger partial charge in [-0.2, -0.15) is 0 Å². The van der Waals surface area contributed by atoms with Crippen molar-refractivity contribution >= 4 is 0 Å². The lowest BCUT2D eigenvalue weighted by molar-refractivity contribution is 0.0185. The van der Waals surface area contributed by atoms with Gasteiger partial charge in [0.15, 0.2) is 23.0 Å². The number of epoxide rings is 1. The Balaban J connectivity index is 1.42. The van der Waals surface area contributed by atoms with Crippen molar-refractivity contribution in [3.63, 3.8) is 0 Å². The number of ether oxygens (including phenoxy) is 3. The maximum absolute atomic E-state index is 11.3. The number of hydrogen-bond acceptors (Lipinski definition) is 12. The molecule has 0 unspecified atom stereocenters. The second-order valence-corrected chi connectivity index (χ2v) is 10.6. The first-order valence-electron chi connectivity index (χ1n) is 12.9. The monoisotopic (exact) mass is 576 g/mol. The van der Waals surface area contributed by atoms with Gasteiger partial charge in [0.25, 0.3) is 5.79 Å². The summed E-state index contributed by atoms with van der Waals surface area (Å²) in [5, 5.41) is 94.0. The zero-order chi connectivity index (χ0) is 29.7. The summed E-state index contributed by atoms with van der Waals surface area (Å²) in [6.45, 7) is 0. The highest BCUT2D eigenvalue weighted by Crippen LogP contribution is 2.65. The number of aliphatic hydroxyl groups excluding tert-OH is 1. The molecular formula is C30H24O12. The second kappa shape index (κ2) is 8.65. The topological polar surface area (TPSA) is 213 Å². The molecule has 5 atom stereocenters. The summed E-state index contributed by atoms with van der Waals surface area (Å²) in [7, 11) is 0. The SMILES string of the molecule is Oc1cc(O)c2c(c1)O[C@]1(c3ccc(O)c(O)c3)O[C@@H]1[C@H]2c1c(O)cc(O)c2c1O[C@H](c1ccc(O)c(O)c1)[C@H](O)C2. The minimum absolute atomic E-state index is 0.00380. The number of rotatable bonds is 3. The third kappa shape index (κ3) is 3.62. The Morgan fingerprint density at radius 2 is 1.36 bits per heavy atom. The molecule has 4 aromatic rings. The first-order chi connectivity index (χ1) is 20.0. The Morgan fingerprint density at radius 1 is 0.667 bits per heavy atom. The van der Waals surface area contributed by atoms with E-state index in [1.807, 2.05) is 0 Å². The molecule has 0 saturated carbocycles. The first kappa shape index (κ1) is 25.7. The maximum atomic E-state index is 11.3. The van der Waals surface area contributed by atoms with Gasteiger partial charge < -0.3 is 60.2 Å². The van der Waals surface area contributed by atoms with Gasteiger partial charge in [-0.1, -0.05) is 6.07 Å². The summed E-state index contributed by atoms with van der Waals surface area (Å²) in [6, 6.07) is 11.3. The molecule has 9 N–H and O–H groups in total. The molecule has 0 radical (unpaired) electrons. The molecule has 12 nitrogen and oxygen atoms in total. The van der Waals surface area contributed by atoms with Gasteiger partial charge in [0, 0.05) is 46.9 Å². The van der Waals surface area contributed by atoms with Crippen LogP contribution in [-0.4, -0.2) is 58.2 Å². The quantitative estimate of drug-likeness (QED) is 0.127. The molecule has 42 heavy (non-hydrogen) atoms. The van der Waals surface area contributed by atoms with Gasteiger partial charge in [-0.25, -0.2) is 0 Å². The first-order valence-corrected chi connectivity index (χ1v) is 12.9. The molecule has 0 spiro atoms. The Labute approximate surface area is 236 Å². The predicted octanol–water partition coefficient (Wildman–Crippen LogP) is 3.14. The normalized spacial score (nSPS) is 25.4. The third-order valence-electron chi connectivity index (χ3n) is 8.00. The number of aromatic hydroxyl groups is 8. The molecular weight excluding hydrogens is 552 g/mol. The highest BCUT2D eigenvalue weighted by Gasteiger charge is 2.69. The van der Waals surface area contributed by atoms with Crippen LogP contribution < -0.4 is 9.47 Å². The number of aliphatic hydroxyl groups is 1. The van der Waals surface area contributed by atoms with Crippen LogP contribution in [0, 0.1) is 0 Å². The average molecular weight is 577 g/mol. The number of hydrogen-bond donors (Lipinski definition) is 9. The fraction of sp³-hybridized carbons (Fsp3) is 0.200. The lowest BCUT2D eigenvalue weighted by atomic mass is 9.79. The van der Waals surface area contributed by atoms with E-state index in [9.17, 15) is 46.0 Å². The second-order valence-electron chi connectivity index (χ2n) is 10.6. The Hall–Kier alpha value is -5.20. The van der Waals surface area contributed by atoms with Crippen molar-refractivity contribution in [2.45, 2.75) is 36.4 Å². The molecule has 216 valence electrons. The zero-order valence-corrected chi connectivity index (χ0v) is 21.5. The third-order valence-corrected chi connectivity index (χ3v) is 8.00. The van der Waals surface area contributed by atoms with E-state index in [1.165, 1.54) is 42.5 Å². The van der Waals surface area contributed by atoms with Crippen LogP contribution in [0.5, 0.6) is 57.5 Å². The molecule has 0 aromatic heterocycles. The molecule has 3 heterocycles. The van der Waals surface area contributed by atoms with Gasteiger partial charge in [-0.3, -0.25) is 0 Å². The summed E-state index contributed by atoms with van der Waals surface area (Å²) in [5.41, 5.74) is 0.958. The minimum atomic E-state index is -1.57. The van der Waals surface area contributed by atoms with Crippen molar-refractivity contribution in [1.82, 2.24) is 0 Å². The number of phenolic OH excluding ortho intramolecular Hbond substituents is 8. The average Bonchev–Trinajstić information content (AvgIpc) is 3.66. The minimum Gasteiger partial charge on any atom is -0.508 e. The fourth-order valence-electron chi connectivity index (χ4n) is 6.01. The van der Waals surface area contributed by atoms with Crippen LogP contribution in [0.3, 0.4) is 0 Å². The molecule has 1 fully saturated rings. The van der Waals surface area contributed by atoms with Crippen LogP contribution >= 0.6 is 0 Å². The van der Waals surface area contributed by atoms with Gasteiger partial charge in [0.2, 0.25) is 0 Å². The Bertz CT molecular complexity index is 1790. The number of benzene rings is 4. The van der Waals surface area contributed by atoms with Crippen LogP contribution in [0.4, 0.5) is 0 Å².